The number of benzene rings is 3. The smallest absolute Gasteiger partial charge is 0.268 e. The predicted molar refractivity (Wildman–Crippen MR) is 124 cm³/mol. The van der Waals surface area contributed by atoms with Crippen molar-refractivity contribution in [1.29, 1.82) is 5.26 Å². The van der Waals surface area contributed by atoms with E-state index in [0.717, 1.165) is 12.3 Å². The van der Waals surface area contributed by atoms with Crippen molar-refractivity contribution in [2.45, 2.75) is 6.18 Å². The largest absolute Gasteiger partial charge is 0.417 e. The molecule has 0 bridgehead atoms. The van der Waals surface area contributed by atoms with Gasteiger partial charge in [0.2, 0.25) is 10.0 Å². The molecule has 1 heterocycles. The lowest BCUT2D eigenvalue weighted by atomic mass is 10.0. The predicted octanol–water partition coefficient (Wildman–Crippen LogP) is 4.93. The molecule has 0 fully saturated rings. The zero-order valence-electron chi connectivity index (χ0n) is 17.8. The summed E-state index contributed by atoms with van der Waals surface area (Å²) in [6.07, 6.45) is -3.83. The maximum Gasteiger partial charge on any atom is 0.417 e. The van der Waals surface area contributed by atoms with Crippen molar-refractivity contribution >= 4 is 38.4 Å². The average Bonchev–Trinajstić information content (AvgIpc) is 3.15. The number of hydrogen-bond acceptors (Lipinski definition) is 5. The number of fused-ring (bicyclic) bond motifs is 1. The number of nitrogens with zero attached hydrogens (tertiary/aromatic N) is 3. The Morgan fingerprint density at radius 2 is 1.83 bits per heavy atom. The monoisotopic (exact) mass is 518 g/mol. The molecule has 4 aromatic rings. The zero-order chi connectivity index (χ0) is 25.5. The Morgan fingerprint density at radius 3 is 2.49 bits per heavy atom. The van der Waals surface area contributed by atoms with E-state index in [1.165, 1.54) is 53.2 Å². The highest BCUT2D eigenvalue weighted by Crippen LogP contribution is 2.40. The molecular weight excluding hydrogens is 505 g/mol. The fourth-order valence-corrected chi connectivity index (χ4v) is 4.22. The molecule has 0 radical (unpaired) electrons. The van der Waals surface area contributed by atoms with Crippen LogP contribution in [0.25, 0.3) is 27.8 Å². The first-order valence-electron chi connectivity index (χ1n) is 9.80. The summed E-state index contributed by atoms with van der Waals surface area (Å²) in [5, 5.41) is 14.7. The lowest BCUT2D eigenvalue weighted by Crippen LogP contribution is -2.29. The SMILES string of the molecule is CS(=O)(=O)NC(=O)c1ccc(-n2nc(-c3ccccc3C(F)(F)F)c3cc(Cl)ccc32)c(C#N)c1. The Hall–Kier alpha value is -3.88. The normalized spacial score (nSPS) is 11.9. The first kappa shape index (κ1) is 24.3. The lowest BCUT2D eigenvalue weighted by molar-refractivity contribution is -0.137. The summed E-state index contributed by atoms with van der Waals surface area (Å²) in [6.45, 7) is 0. The van der Waals surface area contributed by atoms with Gasteiger partial charge in [-0.05, 0) is 42.5 Å². The van der Waals surface area contributed by atoms with E-state index >= 15 is 0 Å². The molecule has 1 amide bonds. The highest BCUT2D eigenvalue weighted by Gasteiger charge is 2.34. The number of hydrogen-bond donors (Lipinski definition) is 1. The van der Waals surface area contributed by atoms with Gasteiger partial charge in [0, 0.05) is 21.5 Å². The average molecular weight is 519 g/mol. The first-order valence-corrected chi connectivity index (χ1v) is 12.1. The van der Waals surface area contributed by atoms with Crippen LogP contribution in [0.1, 0.15) is 21.5 Å². The van der Waals surface area contributed by atoms with Gasteiger partial charge in [-0.3, -0.25) is 4.79 Å². The minimum absolute atomic E-state index is 0.00166. The quantitative estimate of drug-likeness (QED) is 0.412. The maximum atomic E-state index is 13.7. The Morgan fingerprint density at radius 1 is 1.11 bits per heavy atom. The number of amides is 1. The number of rotatable bonds is 4. The number of aromatic nitrogens is 2. The molecule has 0 atom stereocenters. The fourth-order valence-electron chi connectivity index (χ4n) is 3.59. The van der Waals surface area contributed by atoms with Crippen LogP contribution in [-0.4, -0.2) is 30.4 Å². The second-order valence-corrected chi connectivity index (χ2v) is 9.70. The number of halogens is 4. The van der Waals surface area contributed by atoms with Gasteiger partial charge in [-0.1, -0.05) is 29.8 Å². The van der Waals surface area contributed by atoms with Crippen molar-refractivity contribution in [3.8, 4) is 23.0 Å². The van der Waals surface area contributed by atoms with Gasteiger partial charge in [0.25, 0.3) is 5.91 Å². The van der Waals surface area contributed by atoms with Crippen molar-refractivity contribution in [2.24, 2.45) is 0 Å². The van der Waals surface area contributed by atoms with E-state index in [-0.39, 0.29) is 33.1 Å². The molecule has 3 aromatic carbocycles. The second kappa shape index (κ2) is 8.72. The Labute approximate surface area is 202 Å². The molecule has 4 rings (SSSR count). The molecule has 0 unspecified atom stereocenters. The highest BCUT2D eigenvalue weighted by molar-refractivity contribution is 7.89. The second-order valence-electron chi connectivity index (χ2n) is 7.51. The standard InChI is InChI=1S/C23H14ClF3N4O3S/c1-35(33,34)30-22(32)13-6-8-19(14(10-13)12-28)31-20-9-7-15(24)11-17(20)21(29-31)16-4-2-3-5-18(16)23(25,26)27/h2-11H,1H3,(H,30,32). The van der Waals surface area contributed by atoms with Gasteiger partial charge in [0.05, 0.1) is 28.6 Å². The molecule has 0 saturated carbocycles. The third-order valence-electron chi connectivity index (χ3n) is 5.01. The Bertz CT molecular complexity index is 1640. The number of nitriles is 1. The van der Waals surface area contributed by atoms with Crippen LogP contribution in [0, 0.1) is 11.3 Å². The van der Waals surface area contributed by atoms with Crippen molar-refractivity contribution in [1.82, 2.24) is 14.5 Å². The van der Waals surface area contributed by atoms with Gasteiger partial charge in [-0.15, -0.1) is 0 Å². The number of carbonyl (C=O) groups is 1. The summed E-state index contributed by atoms with van der Waals surface area (Å²) in [6, 6.07) is 15.2. The maximum absolute atomic E-state index is 13.7. The minimum Gasteiger partial charge on any atom is -0.268 e. The van der Waals surface area contributed by atoms with E-state index in [1.54, 1.807) is 6.07 Å². The number of sulfonamides is 1. The van der Waals surface area contributed by atoms with E-state index in [9.17, 15) is 31.6 Å². The van der Waals surface area contributed by atoms with Gasteiger partial charge >= 0.3 is 6.18 Å². The molecule has 178 valence electrons. The molecule has 1 N–H and O–H groups in total. The van der Waals surface area contributed by atoms with Crippen LogP contribution in [-0.2, 0) is 16.2 Å². The number of carbonyl (C=O) groups excluding carboxylic acids is 1. The third kappa shape index (κ3) is 4.84. The number of nitrogens with one attached hydrogen (secondary N) is 1. The van der Waals surface area contributed by atoms with Crippen LogP contribution < -0.4 is 4.72 Å². The topological polar surface area (TPSA) is 105 Å². The van der Waals surface area contributed by atoms with E-state index in [0.29, 0.717) is 10.9 Å². The van der Waals surface area contributed by atoms with Crippen LogP contribution in [0.2, 0.25) is 5.02 Å². The molecule has 0 saturated heterocycles. The highest BCUT2D eigenvalue weighted by atomic mass is 35.5. The van der Waals surface area contributed by atoms with Crippen molar-refractivity contribution < 1.29 is 26.4 Å². The lowest BCUT2D eigenvalue weighted by Gasteiger charge is -2.11. The van der Waals surface area contributed by atoms with Crippen LogP contribution in [0.3, 0.4) is 0 Å². The van der Waals surface area contributed by atoms with Crippen LogP contribution in [0.15, 0.2) is 60.7 Å². The summed E-state index contributed by atoms with van der Waals surface area (Å²) in [5.41, 5.74) is -0.677. The van der Waals surface area contributed by atoms with Crippen molar-refractivity contribution in [3.05, 3.63) is 82.4 Å². The molecule has 0 aliphatic rings. The first-order chi connectivity index (χ1) is 16.4. The molecule has 1 aromatic heterocycles. The molecule has 0 aliphatic heterocycles. The van der Waals surface area contributed by atoms with Gasteiger partial charge < -0.3 is 0 Å². The molecule has 35 heavy (non-hydrogen) atoms. The summed E-state index contributed by atoms with van der Waals surface area (Å²) in [5.74, 6) is -0.938. The van der Waals surface area contributed by atoms with E-state index in [2.05, 4.69) is 5.10 Å². The van der Waals surface area contributed by atoms with Gasteiger partial charge in [-0.2, -0.15) is 23.5 Å². The Kier molecular flexibility index (Phi) is 6.04. The summed E-state index contributed by atoms with van der Waals surface area (Å²) in [4.78, 5) is 12.2. The molecular formula is C23H14ClF3N4O3S. The van der Waals surface area contributed by atoms with Gasteiger partial charge in [0.1, 0.15) is 11.8 Å². The van der Waals surface area contributed by atoms with E-state index < -0.39 is 27.7 Å². The van der Waals surface area contributed by atoms with Crippen molar-refractivity contribution in [2.75, 3.05) is 6.26 Å². The van der Waals surface area contributed by atoms with Gasteiger partial charge in [0.15, 0.2) is 0 Å². The molecule has 7 nitrogen and oxygen atoms in total. The van der Waals surface area contributed by atoms with Crippen molar-refractivity contribution in [3.63, 3.8) is 0 Å². The Balaban J connectivity index is 1.95. The third-order valence-corrected chi connectivity index (χ3v) is 5.81. The van der Waals surface area contributed by atoms with E-state index in [4.69, 9.17) is 11.6 Å². The molecule has 12 heteroatoms. The van der Waals surface area contributed by atoms with Crippen LogP contribution in [0.5, 0.6) is 0 Å². The van der Waals surface area contributed by atoms with Crippen LogP contribution in [0.4, 0.5) is 13.2 Å². The zero-order valence-corrected chi connectivity index (χ0v) is 19.3. The molecule has 0 spiro atoms. The van der Waals surface area contributed by atoms with Gasteiger partial charge in [-0.25, -0.2) is 17.8 Å². The van der Waals surface area contributed by atoms with Crippen LogP contribution >= 0.6 is 11.6 Å². The summed E-state index contributed by atoms with van der Waals surface area (Å²) >= 11 is 6.12. The van der Waals surface area contributed by atoms with E-state index in [1.807, 2.05) is 10.8 Å². The summed E-state index contributed by atoms with van der Waals surface area (Å²) in [7, 11) is -3.83. The number of alkyl halides is 3. The minimum atomic E-state index is -4.64. The summed E-state index contributed by atoms with van der Waals surface area (Å²) < 4.78 is 67.0. The molecule has 0 aliphatic carbocycles. The fraction of sp³-hybridized carbons (Fsp3) is 0.0870.